The largest absolute Gasteiger partial charge is 0.402 e. The van der Waals surface area contributed by atoms with Crippen LogP contribution in [0.15, 0.2) is 40.9 Å². The van der Waals surface area contributed by atoms with Crippen LogP contribution in [0.3, 0.4) is 0 Å². The molecule has 1 aliphatic rings. The molecule has 1 aliphatic heterocycles. The van der Waals surface area contributed by atoms with Gasteiger partial charge in [-0.2, -0.15) is 0 Å². The van der Waals surface area contributed by atoms with Crippen LogP contribution in [0.1, 0.15) is 63.8 Å². The highest BCUT2D eigenvalue weighted by Crippen LogP contribution is 2.26. The van der Waals surface area contributed by atoms with Crippen LogP contribution in [0.5, 0.6) is 0 Å². The van der Waals surface area contributed by atoms with Gasteiger partial charge in [0.25, 0.3) is 0 Å². The summed E-state index contributed by atoms with van der Waals surface area (Å²) in [6.07, 6.45) is 11.9. The van der Waals surface area contributed by atoms with Crippen molar-refractivity contribution in [1.29, 1.82) is 0 Å². The molecule has 0 spiro atoms. The molecule has 0 aromatic carbocycles. The second-order valence-corrected chi connectivity index (χ2v) is 8.05. The summed E-state index contributed by atoms with van der Waals surface area (Å²) in [5, 5.41) is 3.20. The number of aromatic nitrogens is 1. The zero-order valence-corrected chi connectivity index (χ0v) is 18.9. The molecule has 2 heterocycles. The van der Waals surface area contributed by atoms with Crippen molar-refractivity contribution in [2.45, 2.75) is 59.9 Å². The first-order chi connectivity index (χ1) is 13.8. The number of piperidine rings is 1. The summed E-state index contributed by atoms with van der Waals surface area (Å²) in [4.78, 5) is 11.7. The molecule has 0 bridgehead atoms. The van der Waals surface area contributed by atoms with E-state index in [0.29, 0.717) is 0 Å². The normalized spacial score (nSPS) is 17.1. The number of hydrogen-bond donors (Lipinski definition) is 2. The Morgan fingerprint density at radius 1 is 1.24 bits per heavy atom. The van der Waals surface area contributed by atoms with E-state index in [1.54, 1.807) is 0 Å². The molecular weight excluding hydrogens is 358 g/mol. The number of nitrogens with one attached hydrogen (secondary N) is 1. The number of likely N-dealkylation sites (tertiary alicyclic amines) is 1. The molecule has 0 aliphatic carbocycles. The highest BCUT2D eigenvalue weighted by Gasteiger charge is 2.13. The van der Waals surface area contributed by atoms with Crippen molar-refractivity contribution in [2.24, 2.45) is 10.7 Å². The summed E-state index contributed by atoms with van der Waals surface area (Å²) in [5.74, 6) is 0. The molecule has 1 saturated heterocycles. The Morgan fingerprint density at radius 3 is 2.52 bits per heavy atom. The number of rotatable bonds is 7. The van der Waals surface area contributed by atoms with Crippen molar-refractivity contribution < 1.29 is 0 Å². The third-order valence-corrected chi connectivity index (χ3v) is 5.15. The molecule has 1 aromatic heterocycles. The number of nitrogens with zero attached hydrogens (tertiary/aromatic N) is 3. The van der Waals surface area contributed by atoms with Gasteiger partial charge in [-0.15, -0.1) is 0 Å². The molecule has 0 saturated carbocycles. The van der Waals surface area contributed by atoms with E-state index in [-0.39, 0.29) is 6.04 Å². The Hall–Kier alpha value is -2.56. The van der Waals surface area contributed by atoms with E-state index in [4.69, 9.17) is 5.73 Å². The second-order valence-electron chi connectivity index (χ2n) is 8.05. The zero-order valence-electron chi connectivity index (χ0n) is 18.9. The van der Waals surface area contributed by atoms with Crippen molar-refractivity contribution >= 4 is 17.4 Å². The lowest BCUT2D eigenvalue weighted by atomic mass is 9.98. The predicted octanol–water partition coefficient (Wildman–Crippen LogP) is 4.51. The van der Waals surface area contributed by atoms with Gasteiger partial charge in [-0.3, -0.25) is 9.98 Å². The van der Waals surface area contributed by atoms with Gasteiger partial charge in [0.15, 0.2) is 0 Å². The van der Waals surface area contributed by atoms with Crippen molar-refractivity contribution in [3.63, 3.8) is 0 Å². The van der Waals surface area contributed by atoms with Gasteiger partial charge in [0, 0.05) is 84.2 Å². The van der Waals surface area contributed by atoms with Gasteiger partial charge in [0.2, 0.25) is 0 Å². The molecule has 29 heavy (non-hydrogen) atoms. The number of aliphatic imine (C=N–C) groups is 1. The van der Waals surface area contributed by atoms with Crippen LogP contribution in [0.25, 0.3) is 11.1 Å². The monoisotopic (exact) mass is 395 g/mol. The minimum absolute atomic E-state index is 0.220. The van der Waals surface area contributed by atoms with Crippen molar-refractivity contribution in [3.05, 3.63) is 52.8 Å². The van der Waals surface area contributed by atoms with Crippen molar-refractivity contribution in [2.75, 3.05) is 20.1 Å². The minimum Gasteiger partial charge on any atom is -0.402 e. The summed E-state index contributed by atoms with van der Waals surface area (Å²) >= 11 is 0. The Kier molecular flexibility index (Phi) is 8.50. The molecule has 1 fully saturated rings. The molecule has 0 unspecified atom stereocenters. The Labute approximate surface area is 176 Å². The number of nitrogens with two attached hydrogens (primary N) is 1. The van der Waals surface area contributed by atoms with E-state index in [0.717, 1.165) is 46.8 Å². The van der Waals surface area contributed by atoms with Crippen LogP contribution in [0, 0.1) is 6.92 Å². The van der Waals surface area contributed by atoms with Crippen LogP contribution in [-0.4, -0.2) is 42.3 Å². The highest BCUT2D eigenvalue weighted by atomic mass is 15.1. The fourth-order valence-electron chi connectivity index (χ4n) is 3.52. The lowest BCUT2D eigenvalue weighted by Gasteiger charge is -2.29. The van der Waals surface area contributed by atoms with Gasteiger partial charge in [0.1, 0.15) is 0 Å². The summed E-state index contributed by atoms with van der Waals surface area (Å²) in [6, 6.07) is 2.39. The summed E-state index contributed by atoms with van der Waals surface area (Å²) in [7, 11) is 1.93. The molecule has 0 atom stereocenters. The van der Waals surface area contributed by atoms with Crippen molar-refractivity contribution in [3.8, 4) is 0 Å². The van der Waals surface area contributed by atoms with E-state index < -0.39 is 0 Å². The first kappa shape index (κ1) is 22.7. The summed E-state index contributed by atoms with van der Waals surface area (Å²) in [5.41, 5.74) is 13.3. The summed E-state index contributed by atoms with van der Waals surface area (Å²) < 4.78 is 0. The fourth-order valence-corrected chi connectivity index (χ4v) is 3.52. The van der Waals surface area contributed by atoms with Gasteiger partial charge in [0.05, 0.1) is 0 Å². The quantitative estimate of drug-likeness (QED) is 0.527. The van der Waals surface area contributed by atoms with E-state index >= 15 is 0 Å². The number of pyridine rings is 1. The number of aryl methyl sites for hydroxylation is 1. The lowest BCUT2D eigenvalue weighted by Crippen LogP contribution is -2.28. The van der Waals surface area contributed by atoms with Gasteiger partial charge < -0.3 is 16.0 Å². The molecule has 158 valence electrons. The molecule has 5 heteroatoms. The van der Waals surface area contributed by atoms with Crippen molar-refractivity contribution in [1.82, 2.24) is 15.2 Å². The Balaban J connectivity index is 2.46. The van der Waals surface area contributed by atoms with Gasteiger partial charge in [-0.25, -0.2) is 0 Å². The maximum absolute atomic E-state index is 6.17. The Morgan fingerprint density at radius 2 is 1.93 bits per heavy atom. The molecular formula is C24H37N5. The summed E-state index contributed by atoms with van der Waals surface area (Å²) in [6.45, 7) is 12.5. The van der Waals surface area contributed by atoms with Crippen LogP contribution in [0.4, 0.5) is 0 Å². The molecule has 0 amide bonds. The van der Waals surface area contributed by atoms with Crippen LogP contribution >= 0.6 is 0 Å². The standard InChI is InChI=1S/C24H37N5/c1-17(2)27-16-24(19(4)25)22-13-23(20(5)28-15-22)21(14-26-6)12-18(3)29-10-8-7-9-11-29/h12-17,26H,7-11,25H2,1-6H3/b18-12+,21-14+,24-19?,27-16?. The maximum atomic E-state index is 6.17. The van der Waals surface area contributed by atoms with E-state index in [1.807, 2.05) is 39.5 Å². The predicted molar refractivity (Wildman–Crippen MR) is 126 cm³/mol. The molecule has 2 rings (SSSR count). The lowest BCUT2D eigenvalue weighted by molar-refractivity contribution is 0.286. The zero-order chi connectivity index (χ0) is 21.4. The SMILES string of the molecule is CN/C=C(\C=C(/C)N1CCCCC1)c1cc(C(C=NC(C)C)=C(C)N)cnc1C. The fraction of sp³-hybridized carbons (Fsp3) is 0.500. The third kappa shape index (κ3) is 6.48. The highest BCUT2D eigenvalue weighted by molar-refractivity contribution is 6.11. The number of allylic oxidation sites excluding steroid dienone is 5. The first-order valence-corrected chi connectivity index (χ1v) is 10.6. The topological polar surface area (TPSA) is 66.5 Å². The number of hydrogen-bond acceptors (Lipinski definition) is 5. The maximum Gasteiger partial charge on any atom is 0.0451 e. The Bertz CT molecular complexity index is 805. The van der Waals surface area contributed by atoms with E-state index in [2.05, 4.69) is 53.1 Å². The molecule has 0 radical (unpaired) electrons. The minimum atomic E-state index is 0.220. The molecule has 5 nitrogen and oxygen atoms in total. The average molecular weight is 396 g/mol. The average Bonchev–Trinajstić information content (AvgIpc) is 2.69. The first-order valence-electron chi connectivity index (χ1n) is 10.6. The van der Waals surface area contributed by atoms with Crippen LogP contribution < -0.4 is 11.1 Å². The van der Waals surface area contributed by atoms with Gasteiger partial charge in [-0.05, 0) is 66.0 Å². The molecule has 3 N–H and O–H groups in total. The van der Waals surface area contributed by atoms with Crippen LogP contribution in [-0.2, 0) is 0 Å². The van der Waals surface area contributed by atoms with E-state index in [1.165, 1.54) is 25.0 Å². The smallest absolute Gasteiger partial charge is 0.0451 e. The third-order valence-electron chi connectivity index (χ3n) is 5.15. The van der Waals surface area contributed by atoms with Gasteiger partial charge in [-0.1, -0.05) is 0 Å². The van der Waals surface area contributed by atoms with E-state index in [9.17, 15) is 0 Å². The second kappa shape index (κ2) is 10.8. The molecule has 1 aromatic rings. The van der Waals surface area contributed by atoms with Gasteiger partial charge >= 0.3 is 0 Å². The van der Waals surface area contributed by atoms with Crippen LogP contribution in [0.2, 0.25) is 0 Å².